The van der Waals surface area contributed by atoms with Crippen LogP contribution in [-0.2, 0) is 11.3 Å². The smallest absolute Gasteiger partial charge is 0.158 e. The fourth-order valence-electron chi connectivity index (χ4n) is 4.14. The molecule has 1 saturated heterocycles. The molecule has 0 radical (unpaired) electrons. The summed E-state index contributed by atoms with van der Waals surface area (Å²) >= 11 is 6.33. The Balaban J connectivity index is 1.82. The molecule has 1 aromatic carbocycles. The van der Waals surface area contributed by atoms with Crippen LogP contribution in [0.4, 0.5) is 5.82 Å². The van der Waals surface area contributed by atoms with Gasteiger partial charge in [0.1, 0.15) is 0 Å². The van der Waals surface area contributed by atoms with Gasteiger partial charge in [0.2, 0.25) is 0 Å². The van der Waals surface area contributed by atoms with E-state index in [1.807, 2.05) is 6.07 Å². The normalized spacial score (nSPS) is 16.6. The van der Waals surface area contributed by atoms with E-state index in [4.69, 9.17) is 27.2 Å². The molecule has 1 aromatic heterocycles. The highest BCUT2D eigenvalue weighted by atomic mass is 35.5. The quantitative estimate of drug-likeness (QED) is 0.654. The van der Waals surface area contributed by atoms with Crippen molar-refractivity contribution < 1.29 is 4.74 Å². The van der Waals surface area contributed by atoms with Gasteiger partial charge in [-0.25, -0.2) is 0 Å². The van der Waals surface area contributed by atoms with E-state index in [1.54, 1.807) is 0 Å². The zero-order valence-electron chi connectivity index (χ0n) is 17.2. The van der Waals surface area contributed by atoms with Crippen LogP contribution in [0.5, 0.6) is 0 Å². The van der Waals surface area contributed by atoms with Crippen molar-refractivity contribution in [1.29, 1.82) is 0 Å². The molecule has 0 aliphatic carbocycles. The molecule has 0 saturated carbocycles. The number of morpholine rings is 1. The van der Waals surface area contributed by atoms with Gasteiger partial charge in [0.25, 0.3) is 0 Å². The highest BCUT2D eigenvalue weighted by Gasteiger charge is 2.22. The van der Waals surface area contributed by atoms with Gasteiger partial charge in [-0.15, -0.1) is 0 Å². The molecule has 156 valence electrons. The molecule has 3 rings (SSSR count). The number of nitrogens with zero attached hydrogens (tertiary/aromatic N) is 4. The lowest BCUT2D eigenvalue weighted by atomic mass is 10.1. The van der Waals surface area contributed by atoms with Crippen molar-refractivity contribution >= 4 is 28.3 Å². The van der Waals surface area contributed by atoms with Gasteiger partial charge in [-0.2, -0.15) is 5.10 Å². The maximum Gasteiger partial charge on any atom is 0.158 e. The van der Waals surface area contributed by atoms with Crippen molar-refractivity contribution in [3.8, 4) is 0 Å². The third kappa shape index (κ3) is 4.98. The predicted molar refractivity (Wildman–Crippen MR) is 117 cm³/mol. The minimum absolute atomic E-state index is 0.397. The van der Waals surface area contributed by atoms with Gasteiger partial charge in [-0.1, -0.05) is 18.5 Å². The van der Waals surface area contributed by atoms with E-state index in [1.165, 1.54) is 0 Å². The average molecular weight is 408 g/mol. The van der Waals surface area contributed by atoms with E-state index < -0.39 is 0 Å². The maximum absolute atomic E-state index is 6.33. The Morgan fingerprint density at radius 1 is 1.25 bits per heavy atom. The number of aryl methyl sites for hydroxylation is 1. The molecule has 1 atom stereocenters. The lowest BCUT2D eigenvalue weighted by molar-refractivity contribution is 0.0368. The molecule has 6 nitrogen and oxygen atoms in total. The molecule has 2 N–H and O–H groups in total. The molecule has 0 bridgehead atoms. The van der Waals surface area contributed by atoms with Crippen LogP contribution in [0, 0.1) is 0 Å². The number of nitrogens with two attached hydrogens (primary N) is 1. The first-order chi connectivity index (χ1) is 13.7. The molecule has 7 heteroatoms. The van der Waals surface area contributed by atoms with Crippen LogP contribution < -0.4 is 10.6 Å². The summed E-state index contributed by atoms with van der Waals surface area (Å²) in [5.74, 6) is 1.03. The topological polar surface area (TPSA) is 59.5 Å². The monoisotopic (exact) mass is 407 g/mol. The number of ether oxygens (including phenoxy) is 1. The predicted octanol–water partition coefficient (Wildman–Crippen LogP) is 3.37. The number of hydrogen-bond acceptors (Lipinski definition) is 5. The summed E-state index contributed by atoms with van der Waals surface area (Å²) in [5.41, 5.74) is 7.02. The average Bonchev–Trinajstić information content (AvgIpc) is 3.06. The van der Waals surface area contributed by atoms with Gasteiger partial charge in [-0.3, -0.25) is 9.58 Å². The van der Waals surface area contributed by atoms with E-state index in [0.717, 1.165) is 86.9 Å². The lowest BCUT2D eigenvalue weighted by Gasteiger charge is -2.30. The summed E-state index contributed by atoms with van der Waals surface area (Å²) in [4.78, 5) is 4.86. The third-order valence-corrected chi connectivity index (χ3v) is 5.90. The Hall–Kier alpha value is -1.34. The largest absolute Gasteiger partial charge is 0.379 e. The Kier molecular flexibility index (Phi) is 7.97. The molecule has 28 heavy (non-hydrogen) atoms. The number of halogens is 1. The standard InChI is InChI=1S/C21H34ClN5O/c1-3-18(8-9-23)26(4-2)21-19-16-17(22)6-7-20(19)27(24-21)11-5-10-25-12-14-28-15-13-25/h6-7,16,18H,3-5,8-15,23H2,1-2H3. The Morgan fingerprint density at radius 3 is 2.71 bits per heavy atom. The van der Waals surface area contributed by atoms with Gasteiger partial charge in [0.05, 0.1) is 18.7 Å². The van der Waals surface area contributed by atoms with Crippen LogP contribution in [0.1, 0.15) is 33.1 Å². The Labute approximate surface area is 173 Å². The minimum atomic E-state index is 0.397. The molecular formula is C21H34ClN5O. The molecule has 0 spiro atoms. The molecule has 1 aliphatic heterocycles. The summed E-state index contributed by atoms with van der Waals surface area (Å²) in [6.07, 6.45) is 3.10. The number of fused-ring (bicyclic) bond motifs is 1. The summed E-state index contributed by atoms with van der Waals surface area (Å²) < 4.78 is 7.59. The molecule has 1 fully saturated rings. The van der Waals surface area contributed by atoms with Crippen LogP contribution in [0.3, 0.4) is 0 Å². The summed E-state index contributed by atoms with van der Waals surface area (Å²) in [5, 5.41) is 6.92. The van der Waals surface area contributed by atoms with Crippen LogP contribution >= 0.6 is 11.6 Å². The third-order valence-electron chi connectivity index (χ3n) is 5.67. The van der Waals surface area contributed by atoms with Crippen LogP contribution in [0.2, 0.25) is 5.02 Å². The Bertz CT molecular complexity index is 744. The van der Waals surface area contributed by atoms with Gasteiger partial charge in [-0.05, 0) is 50.9 Å². The summed E-state index contributed by atoms with van der Waals surface area (Å²) in [7, 11) is 0. The first-order valence-corrected chi connectivity index (χ1v) is 11.0. The second kappa shape index (κ2) is 10.4. The molecule has 2 heterocycles. The first kappa shape index (κ1) is 21.4. The molecule has 0 amide bonds. The van der Waals surface area contributed by atoms with E-state index in [2.05, 4.69) is 40.5 Å². The van der Waals surface area contributed by atoms with Gasteiger partial charge in [0, 0.05) is 49.2 Å². The summed E-state index contributed by atoms with van der Waals surface area (Å²) in [6.45, 7) is 11.7. The van der Waals surface area contributed by atoms with Crippen LogP contribution in [-0.4, -0.2) is 66.7 Å². The van der Waals surface area contributed by atoms with Crippen molar-refractivity contribution in [1.82, 2.24) is 14.7 Å². The van der Waals surface area contributed by atoms with Crippen LogP contribution in [0.15, 0.2) is 18.2 Å². The SMILES string of the molecule is CCC(CCN)N(CC)c1nn(CCCN2CCOCC2)c2ccc(Cl)cc12. The number of anilines is 1. The zero-order chi connectivity index (χ0) is 19.9. The van der Waals surface area contributed by atoms with Crippen molar-refractivity contribution in [3.63, 3.8) is 0 Å². The molecule has 2 aromatic rings. The van der Waals surface area contributed by atoms with Crippen molar-refractivity contribution in [2.45, 2.75) is 45.7 Å². The highest BCUT2D eigenvalue weighted by Crippen LogP contribution is 2.31. The number of aromatic nitrogens is 2. The second-order valence-electron chi connectivity index (χ2n) is 7.44. The fraction of sp³-hybridized carbons (Fsp3) is 0.667. The highest BCUT2D eigenvalue weighted by molar-refractivity contribution is 6.31. The zero-order valence-corrected chi connectivity index (χ0v) is 18.0. The van der Waals surface area contributed by atoms with Gasteiger partial charge >= 0.3 is 0 Å². The first-order valence-electron chi connectivity index (χ1n) is 10.6. The number of rotatable bonds is 10. The fourth-order valence-corrected chi connectivity index (χ4v) is 4.31. The van der Waals surface area contributed by atoms with E-state index >= 15 is 0 Å². The Morgan fingerprint density at radius 2 is 2.04 bits per heavy atom. The van der Waals surface area contributed by atoms with E-state index in [0.29, 0.717) is 12.6 Å². The molecule has 1 unspecified atom stereocenters. The van der Waals surface area contributed by atoms with Crippen LogP contribution in [0.25, 0.3) is 10.9 Å². The van der Waals surface area contributed by atoms with Crippen molar-refractivity contribution in [2.24, 2.45) is 5.73 Å². The van der Waals surface area contributed by atoms with Gasteiger partial charge in [0.15, 0.2) is 5.82 Å². The maximum atomic E-state index is 6.33. The van der Waals surface area contributed by atoms with Gasteiger partial charge < -0.3 is 15.4 Å². The minimum Gasteiger partial charge on any atom is -0.379 e. The second-order valence-corrected chi connectivity index (χ2v) is 7.88. The number of benzene rings is 1. The number of hydrogen-bond donors (Lipinski definition) is 1. The lowest BCUT2D eigenvalue weighted by Crippen LogP contribution is -2.37. The molecular weight excluding hydrogens is 374 g/mol. The van der Waals surface area contributed by atoms with Crippen molar-refractivity contribution in [2.75, 3.05) is 50.8 Å². The van der Waals surface area contributed by atoms with E-state index in [-0.39, 0.29) is 0 Å². The van der Waals surface area contributed by atoms with Crippen molar-refractivity contribution in [3.05, 3.63) is 23.2 Å². The van der Waals surface area contributed by atoms with E-state index in [9.17, 15) is 0 Å². The summed E-state index contributed by atoms with van der Waals surface area (Å²) in [6, 6.07) is 6.51. The molecule has 1 aliphatic rings.